The zero-order valence-electron chi connectivity index (χ0n) is 11.3. The van der Waals surface area contributed by atoms with Crippen LogP contribution in [0.2, 0.25) is 0 Å². The molecule has 1 aromatic heterocycles. The summed E-state index contributed by atoms with van der Waals surface area (Å²) in [5, 5.41) is 12.3. The lowest BCUT2D eigenvalue weighted by Gasteiger charge is -2.10. The summed E-state index contributed by atoms with van der Waals surface area (Å²) < 4.78 is 23.4. The van der Waals surface area contributed by atoms with E-state index in [2.05, 4.69) is 5.32 Å². The van der Waals surface area contributed by atoms with Gasteiger partial charge < -0.3 is 19.6 Å². The number of para-hydroxylation sites is 1. The number of benzene rings is 1. The maximum absolute atomic E-state index is 13.3. The number of amides is 1. The van der Waals surface area contributed by atoms with Gasteiger partial charge in [0.2, 0.25) is 0 Å². The third-order valence-electron chi connectivity index (χ3n) is 2.81. The Bertz CT molecular complexity index is 571. The summed E-state index contributed by atoms with van der Waals surface area (Å²) in [6.45, 7) is -0.0148. The quantitative estimate of drug-likeness (QED) is 0.819. The molecule has 0 saturated carbocycles. The average Bonchev–Trinajstić information content (AvgIpc) is 3.00. The monoisotopic (exact) mass is 293 g/mol. The van der Waals surface area contributed by atoms with Crippen LogP contribution in [0.1, 0.15) is 18.3 Å². The minimum atomic E-state index is -0.771. The highest BCUT2D eigenvalue weighted by Gasteiger charge is 2.11. The molecule has 0 fully saturated rings. The zero-order chi connectivity index (χ0) is 15.1. The summed E-state index contributed by atoms with van der Waals surface area (Å²) in [7, 11) is 0. The van der Waals surface area contributed by atoms with Gasteiger partial charge in [0.25, 0.3) is 5.91 Å². The molecule has 21 heavy (non-hydrogen) atoms. The van der Waals surface area contributed by atoms with Gasteiger partial charge in [0, 0.05) is 6.54 Å². The van der Waals surface area contributed by atoms with E-state index in [1.807, 2.05) is 0 Å². The minimum Gasteiger partial charge on any atom is -0.481 e. The van der Waals surface area contributed by atoms with Crippen molar-refractivity contribution >= 4 is 5.91 Å². The van der Waals surface area contributed by atoms with Crippen LogP contribution in [-0.2, 0) is 4.79 Å². The normalized spacial score (nSPS) is 11.9. The number of ether oxygens (including phenoxy) is 1. The second-order valence-electron chi connectivity index (χ2n) is 4.39. The van der Waals surface area contributed by atoms with E-state index in [4.69, 9.17) is 9.15 Å². The van der Waals surface area contributed by atoms with Crippen LogP contribution in [0, 0.1) is 5.82 Å². The third kappa shape index (κ3) is 4.61. The van der Waals surface area contributed by atoms with Gasteiger partial charge in [0.05, 0.1) is 6.26 Å². The van der Waals surface area contributed by atoms with Gasteiger partial charge >= 0.3 is 0 Å². The number of carbonyl (C=O) groups is 1. The number of halogens is 1. The maximum Gasteiger partial charge on any atom is 0.257 e. The van der Waals surface area contributed by atoms with Crippen molar-refractivity contribution in [2.45, 2.75) is 12.5 Å². The van der Waals surface area contributed by atoms with Gasteiger partial charge in [-0.2, -0.15) is 0 Å². The molecule has 0 spiro atoms. The van der Waals surface area contributed by atoms with Crippen LogP contribution in [-0.4, -0.2) is 24.2 Å². The second kappa shape index (κ2) is 7.44. The first kappa shape index (κ1) is 15.1. The number of aliphatic hydroxyl groups excluding tert-OH is 1. The Morgan fingerprint density at radius 3 is 2.86 bits per heavy atom. The number of hydrogen-bond donors (Lipinski definition) is 2. The molecule has 2 aromatic rings. The molecule has 0 saturated heterocycles. The largest absolute Gasteiger partial charge is 0.481 e. The Balaban J connectivity index is 1.67. The molecule has 0 bridgehead atoms. The molecule has 1 amide bonds. The molecular weight excluding hydrogens is 277 g/mol. The molecule has 0 radical (unpaired) electrons. The highest BCUT2D eigenvalue weighted by Crippen LogP contribution is 2.16. The van der Waals surface area contributed by atoms with Gasteiger partial charge in [-0.05, 0) is 30.7 Å². The van der Waals surface area contributed by atoms with Gasteiger partial charge in [-0.15, -0.1) is 0 Å². The van der Waals surface area contributed by atoms with E-state index in [9.17, 15) is 14.3 Å². The molecule has 0 unspecified atom stereocenters. The summed E-state index contributed by atoms with van der Waals surface area (Å²) in [6, 6.07) is 9.21. The van der Waals surface area contributed by atoms with Crippen LogP contribution in [0.25, 0.3) is 0 Å². The lowest BCUT2D eigenvalue weighted by molar-refractivity contribution is -0.123. The van der Waals surface area contributed by atoms with Crippen LogP contribution in [0.3, 0.4) is 0 Å². The molecule has 5 nitrogen and oxygen atoms in total. The highest BCUT2D eigenvalue weighted by molar-refractivity contribution is 5.77. The summed E-state index contributed by atoms with van der Waals surface area (Å²) in [4.78, 5) is 11.5. The van der Waals surface area contributed by atoms with Crippen molar-refractivity contribution in [3.8, 4) is 5.75 Å². The molecule has 0 aliphatic heterocycles. The standard InChI is InChI=1S/C15H16FNO4/c16-11-4-1-2-5-13(11)21-10-15(19)17-8-7-12(18)14-6-3-9-20-14/h1-6,9,12,18H,7-8,10H2,(H,17,19)/t12-/m0/s1. The smallest absolute Gasteiger partial charge is 0.257 e. The fourth-order valence-electron chi connectivity index (χ4n) is 1.73. The number of hydrogen-bond acceptors (Lipinski definition) is 4. The first-order valence-corrected chi connectivity index (χ1v) is 6.52. The molecule has 2 N–H and O–H groups in total. The fourth-order valence-corrected chi connectivity index (χ4v) is 1.73. The van der Waals surface area contributed by atoms with E-state index in [-0.39, 0.29) is 24.8 Å². The van der Waals surface area contributed by atoms with E-state index in [0.29, 0.717) is 12.2 Å². The Labute approximate surface area is 121 Å². The molecule has 0 aliphatic rings. The number of furan rings is 1. The van der Waals surface area contributed by atoms with E-state index in [1.165, 1.54) is 24.5 Å². The van der Waals surface area contributed by atoms with Crippen LogP contribution in [0.15, 0.2) is 47.1 Å². The summed E-state index contributed by atoms with van der Waals surface area (Å²) in [5.41, 5.74) is 0. The Hall–Kier alpha value is -2.34. The molecule has 112 valence electrons. The van der Waals surface area contributed by atoms with Crippen molar-refractivity contribution in [1.82, 2.24) is 5.32 Å². The van der Waals surface area contributed by atoms with Crippen molar-refractivity contribution < 1.29 is 23.4 Å². The minimum absolute atomic E-state index is 0.0308. The van der Waals surface area contributed by atoms with E-state index >= 15 is 0 Å². The number of aliphatic hydroxyl groups is 1. The maximum atomic E-state index is 13.3. The molecule has 1 atom stereocenters. The molecule has 2 rings (SSSR count). The van der Waals surface area contributed by atoms with Crippen LogP contribution >= 0.6 is 0 Å². The molecule has 0 aliphatic carbocycles. The first-order chi connectivity index (χ1) is 10.2. The fraction of sp³-hybridized carbons (Fsp3) is 0.267. The van der Waals surface area contributed by atoms with Crippen LogP contribution in [0.5, 0.6) is 5.75 Å². The summed E-state index contributed by atoms with van der Waals surface area (Å²) in [6.07, 6.45) is 1.02. The highest BCUT2D eigenvalue weighted by atomic mass is 19.1. The lowest BCUT2D eigenvalue weighted by Crippen LogP contribution is -2.30. The van der Waals surface area contributed by atoms with Gasteiger partial charge in [-0.1, -0.05) is 12.1 Å². The third-order valence-corrected chi connectivity index (χ3v) is 2.81. The van der Waals surface area contributed by atoms with Crippen molar-refractivity contribution in [3.63, 3.8) is 0 Å². The van der Waals surface area contributed by atoms with Crippen LogP contribution < -0.4 is 10.1 Å². The molecule has 6 heteroatoms. The topological polar surface area (TPSA) is 71.7 Å². The van der Waals surface area contributed by atoms with Crippen molar-refractivity contribution in [3.05, 3.63) is 54.2 Å². The Morgan fingerprint density at radius 2 is 2.14 bits per heavy atom. The van der Waals surface area contributed by atoms with Crippen LogP contribution in [0.4, 0.5) is 4.39 Å². The Kier molecular flexibility index (Phi) is 5.34. The molecule has 1 aromatic carbocycles. The van der Waals surface area contributed by atoms with E-state index in [1.54, 1.807) is 18.2 Å². The number of rotatable bonds is 7. The van der Waals surface area contributed by atoms with Gasteiger partial charge in [0.15, 0.2) is 18.2 Å². The first-order valence-electron chi connectivity index (χ1n) is 6.52. The van der Waals surface area contributed by atoms with Crippen molar-refractivity contribution in [2.75, 3.05) is 13.2 Å². The number of carbonyl (C=O) groups excluding carboxylic acids is 1. The Morgan fingerprint density at radius 1 is 1.33 bits per heavy atom. The van der Waals surface area contributed by atoms with Crippen molar-refractivity contribution in [1.29, 1.82) is 0 Å². The van der Waals surface area contributed by atoms with Gasteiger partial charge in [-0.3, -0.25) is 4.79 Å². The number of nitrogens with one attached hydrogen (secondary N) is 1. The summed E-state index contributed by atoms with van der Waals surface area (Å²) in [5.74, 6) is -0.418. The SMILES string of the molecule is O=C(COc1ccccc1F)NCC[C@H](O)c1ccco1. The lowest BCUT2D eigenvalue weighted by atomic mass is 10.2. The second-order valence-corrected chi connectivity index (χ2v) is 4.39. The van der Waals surface area contributed by atoms with Gasteiger partial charge in [0.1, 0.15) is 11.9 Å². The molecular formula is C15H16FNO4. The molecule has 1 heterocycles. The average molecular weight is 293 g/mol. The van der Waals surface area contributed by atoms with Crippen molar-refractivity contribution in [2.24, 2.45) is 0 Å². The van der Waals surface area contributed by atoms with Gasteiger partial charge in [-0.25, -0.2) is 4.39 Å². The predicted octanol–water partition coefficient (Wildman–Crippen LogP) is 2.04. The summed E-state index contributed by atoms with van der Waals surface area (Å²) >= 11 is 0. The predicted molar refractivity (Wildman–Crippen MR) is 73.2 cm³/mol. The van der Waals surface area contributed by atoms with E-state index in [0.717, 1.165) is 0 Å². The zero-order valence-corrected chi connectivity index (χ0v) is 11.3. The van der Waals surface area contributed by atoms with E-state index < -0.39 is 11.9 Å².